The van der Waals surface area contributed by atoms with E-state index in [0.29, 0.717) is 19.4 Å². The van der Waals surface area contributed by atoms with Gasteiger partial charge < -0.3 is 5.32 Å². The van der Waals surface area contributed by atoms with Crippen molar-refractivity contribution in [1.29, 1.82) is 0 Å². The van der Waals surface area contributed by atoms with Crippen LogP contribution in [0.25, 0.3) is 0 Å². The number of sulfonamides is 1. The molecule has 1 amide bonds. The normalized spacial score (nSPS) is 22.6. The Balaban J connectivity index is 1.45. The maximum Gasteiger partial charge on any atom is 0.243 e. The van der Waals surface area contributed by atoms with Crippen LogP contribution in [0, 0.1) is 11.7 Å². The summed E-state index contributed by atoms with van der Waals surface area (Å²) in [7, 11) is -3.73. The van der Waals surface area contributed by atoms with E-state index in [1.54, 1.807) is 0 Å². The highest BCUT2D eigenvalue weighted by Crippen LogP contribution is 2.32. The molecular weight excluding hydrogens is 379 g/mol. The van der Waals surface area contributed by atoms with E-state index in [2.05, 4.69) is 11.4 Å². The second-order valence-electron chi connectivity index (χ2n) is 7.45. The molecule has 0 bridgehead atoms. The predicted octanol–water partition coefficient (Wildman–Crippen LogP) is 3.03. The molecule has 2 atom stereocenters. The number of benzene rings is 2. The quantitative estimate of drug-likeness (QED) is 0.855. The van der Waals surface area contributed by atoms with Gasteiger partial charge in [-0.25, -0.2) is 12.8 Å². The average Bonchev–Trinajstić information content (AvgIpc) is 3.11. The minimum absolute atomic E-state index is 0.00668. The van der Waals surface area contributed by atoms with Crippen molar-refractivity contribution < 1.29 is 17.6 Å². The molecule has 1 fully saturated rings. The van der Waals surface area contributed by atoms with Gasteiger partial charge in [0.2, 0.25) is 15.9 Å². The van der Waals surface area contributed by atoms with Gasteiger partial charge >= 0.3 is 0 Å². The number of fused-ring (bicyclic) bond motifs is 1. The monoisotopic (exact) mass is 402 g/mol. The van der Waals surface area contributed by atoms with Crippen LogP contribution in [-0.2, 0) is 21.2 Å². The number of hydrogen-bond acceptors (Lipinski definition) is 3. The molecule has 2 unspecified atom stereocenters. The molecule has 0 aromatic heterocycles. The first-order chi connectivity index (χ1) is 13.4. The predicted molar refractivity (Wildman–Crippen MR) is 104 cm³/mol. The van der Waals surface area contributed by atoms with E-state index in [0.717, 1.165) is 30.5 Å². The van der Waals surface area contributed by atoms with Gasteiger partial charge in [-0.15, -0.1) is 0 Å². The van der Waals surface area contributed by atoms with Crippen LogP contribution in [0.15, 0.2) is 53.4 Å². The average molecular weight is 402 g/mol. The van der Waals surface area contributed by atoms with Crippen molar-refractivity contribution in [3.8, 4) is 0 Å². The third-order valence-corrected chi connectivity index (χ3v) is 7.54. The standard InChI is InChI=1S/C21H23FN2O3S/c22-17-8-10-18(11-9-17)28(26,27)24-13-3-5-16(14-24)21(25)23-20-12-7-15-4-1-2-6-19(15)20/h1-2,4,6,8-11,16,20H,3,5,7,12-14H2,(H,23,25). The van der Waals surface area contributed by atoms with Crippen LogP contribution in [0.5, 0.6) is 0 Å². The Morgan fingerprint density at radius 2 is 1.82 bits per heavy atom. The largest absolute Gasteiger partial charge is 0.349 e. The molecule has 1 aliphatic heterocycles. The summed E-state index contributed by atoms with van der Waals surface area (Å²) in [5.74, 6) is -0.955. The molecule has 1 aliphatic carbocycles. The number of nitrogens with zero attached hydrogens (tertiary/aromatic N) is 1. The van der Waals surface area contributed by atoms with Crippen LogP contribution in [0.3, 0.4) is 0 Å². The summed E-state index contributed by atoms with van der Waals surface area (Å²) in [4.78, 5) is 12.9. The second kappa shape index (κ2) is 7.64. The lowest BCUT2D eigenvalue weighted by molar-refractivity contribution is -0.126. The Bertz CT molecular complexity index is 975. The molecule has 1 saturated heterocycles. The summed E-state index contributed by atoms with van der Waals surface area (Å²) in [6.45, 7) is 0.523. The van der Waals surface area contributed by atoms with Crippen LogP contribution in [-0.4, -0.2) is 31.7 Å². The third-order valence-electron chi connectivity index (χ3n) is 5.66. The highest BCUT2D eigenvalue weighted by molar-refractivity contribution is 7.89. The summed E-state index contributed by atoms with van der Waals surface area (Å²) in [6, 6.07) is 12.9. The van der Waals surface area contributed by atoms with E-state index >= 15 is 0 Å². The Morgan fingerprint density at radius 3 is 2.61 bits per heavy atom. The molecule has 5 nitrogen and oxygen atoms in total. The molecule has 28 heavy (non-hydrogen) atoms. The van der Waals surface area contributed by atoms with Crippen LogP contribution < -0.4 is 5.32 Å². The van der Waals surface area contributed by atoms with Crippen molar-refractivity contribution in [2.24, 2.45) is 5.92 Å². The lowest BCUT2D eigenvalue weighted by Gasteiger charge is -2.32. The van der Waals surface area contributed by atoms with E-state index in [9.17, 15) is 17.6 Å². The lowest BCUT2D eigenvalue weighted by atomic mass is 9.98. The van der Waals surface area contributed by atoms with E-state index in [1.807, 2.05) is 18.2 Å². The van der Waals surface area contributed by atoms with Gasteiger partial charge in [-0.3, -0.25) is 4.79 Å². The van der Waals surface area contributed by atoms with Crippen LogP contribution in [0.4, 0.5) is 4.39 Å². The van der Waals surface area contributed by atoms with Crippen molar-refractivity contribution in [3.05, 3.63) is 65.5 Å². The first-order valence-corrected chi connectivity index (χ1v) is 11.0. The number of carbonyl (C=O) groups excluding carboxylic acids is 1. The Morgan fingerprint density at radius 1 is 1.07 bits per heavy atom. The molecule has 4 rings (SSSR count). The maximum atomic E-state index is 13.1. The summed E-state index contributed by atoms with van der Waals surface area (Å²) in [5, 5.41) is 3.11. The number of carbonyl (C=O) groups is 1. The smallest absolute Gasteiger partial charge is 0.243 e. The summed E-state index contributed by atoms with van der Waals surface area (Å²) < 4.78 is 40.2. The zero-order valence-corrected chi connectivity index (χ0v) is 16.3. The molecular formula is C21H23FN2O3S. The van der Waals surface area contributed by atoms with Gasteiger partial charge in [0.15, 0.2) is 0 Å². The van der Waals surface area contributed by atoms with Crippen molar-refractivity contribution in [3.63, 3.8) is 0 Å². The van der Waals surface area contributed by atoms with Crippen LogP contribution in [0.2, 0.25) is 0 Å². The number of hydrogen-bond donors (Lipinski definition) is 1. The number of amides is 1. The zero-order chi connectivity index (χ0) is 19.7. The van der Waals surface area contributed by atoms with E-state index in [1.165, 1.54) is 22.0 Å². The molecule has 0 spiro atoms. The fraction of sp³-hybridized carbons (Fsp3) is 0.381. The van der Waals surface area contributed by atoms with E-state index in [-0.39, 0.29) is 29.3 Å². The fourth-order valence-electron chi connectivity index (χ4n) is 4.13. The van der Waals surface area contributed by atoms with Gasteiger partial charge in [-0.2, -0.15) is 4.31 Å². The highest BCUT2D eigenvalue weighted by Gasteiger charge is 2.34. The number of piperidine rings is 1. The van der Waals surface area contributed by atoms with E-state index in [4.69, 9.17) is 0 Å². The number of nitrogens with one attached hydrogen (secondary N) is 1. The molecule has 2 aliphatic rings. The topological polar surface area (TPSA) is 66.5 Å². The van der Waals surface area contributed by atoms with Crippen molar-refractivity contribution in [1.82, 2.24) is 9.62 Å². The third kappa shape index (κ3) is 3.69. The van der Waals surface area contributed by atoms with Gasteiger partial charge in [0.1, 0.15) is 5.82 Å². The van der Waals surface area contributed by atoms with Gasteiger partial charge in [0.05, 0.1) is 16.9 Å². The molecule has 2 aromatic carbocycles. The van der Waals surface area contributed by atoms with Crippen LogP contribution >= 0.6 is 0 Å². The molecule has 7 heteroatoms. The number of aryl methyl sites for hydroxylation is 1. The Labute approximate surface area is 164 Å². The number of rotatable bonds is 4. The lowest BCUT2D eigenvalue weighted by Crippen LogP contribution is -2.45. The van der Waals surface area contributed by atoms with Crippen molar-refractivity contribution >= 4 is 15.9 Å². The van der Waals surface area contributed by atoms with Crippen molar-refractivity contribution in [2.75, 3.05) is 13.1 Å². The second-order valence-corrected chi connectivity index (χ2v) is 9.39. The summed E-state index contributed by atoms with van der Waals surface area (Å²) in [6.07, 6.45) is 3.10. The molecule has 1 heterocycles. The first kappa shape index (κ1) is 19.1. The SMILES string of the molecule is O=C(NC1CCc2ccccc21)C1CCCN(S(=O)(=O)c2ccc(F)cc2)C1. The van der Waals surface area contributed by atoms with Gasteiger partial charge in [0, 0.05) is 13.1 Å². The molecule has 0 radical (unpaired) electrons. The number of halogens is 1. The Kier molecular flexibility index (Phi) is 5.21. The van der Waals surface area contributed by atoms with Gasteiger partial charge in [-0.05, 0) is 61.1 Å². The minimum atomic E-state index is -3.73. The molecule has 2 aromatic rings. The first-order valence-electron chi connectivity index (χ1n) is 9.59. The summed E-state index contributed by atoms with van der Waals surface area (Å²) in [5.41, 5.74) is 2.42. The molecule has 1 N–H and O–H groups in total. The highest BCUT2D eigenvalue weighted by atomic mass is 32.2. The maximum absolute atomic E-state index is 13.1. The van der Waals surface area contributed by atoms with Crippen molar-refractivity contribution in [2.45, 2.75) is 36.6 Å². The Hall–Kier alpha value is -2.25. The molecule has 0 saturated carbocycles. The summed E-state index contributed by atoms with van der Waals surface area (Å²) >= 11 is 0. The zero-order valence-electron chi connectivity index (χ0n) is 15.5. The minimum Gasteiger partial charge on any atom is -0.349 e. The molecule has 148 valence electrons. The van der Waals surface area contributed by atoms with Gasteiger partial charge in [0.25, 0.3) is 0 Å². The van der Waals surface area contributed by atoms with E-state index < -0.39 is 15.8 Å². The fourth-order valence-corrected chi connectivity index (χ4v) is 5.65. The van der Waals surface area contributed by atoms with Gasteiger partial charge in [-0.1, -0.05) is 24.3 Å². The van der Waals surface area contributed by atoms with Crippen LogP contribution in [0.1, 0.15) is 36.4 Å².